The first-order valence-corrected chi connectivity index (χ1v) is 8.28. The van der Waals surface area contributed by atoms with E-state index in [2.05, 4.69) is 5.43 Å². The van der Waals surface area contributed by atoms with Gasteiger partial charge < -0.3 is 0 Å². The fraction of sp³-hybridized carbons (Fsp3) is 0.125. The lowest BCUT2D eigenvalue weighted by Crippen LogP contribution is -2.41. The Morgan fingerprint density at radius 2 is 1.39 bits per heavy atom. The average molecular weight is 332 g/mol. The molecule has 0 atom stereocenters. The lowest BCUT2D eigenvalue weighted by atomic mass is 10.1. The van der Waals surface area contributed by atoms with E-state index in [1.807, 2.05) is 11.8 Å². The van der Waals surface area contributed by atoms with Gasteiger partial charge in [-0.15, -0.1) is 4.83 Å². The Balaban J connectivity index is 2.07. The van der Waals surface area contributed by atoms with Crippen molar-refractivity contribution in [2.75, 3.05) is 0 Å². The molecule has 0 spiro atoms. The maximum absolute atomic E-state index is 12.1. The number of benzene rings is 2. The standard InChI is InChI=1S/C16H16N2O4S/c1-11-3-5-14(6-4-11)16(20)17-18-23(21,22)15-9-7-13(8-10-15)12(2)19/h3-10,18H,1-2H3,(H,17,20). The SMILES string of the molecule is CC(=O)c1ccc(S(=O)(=O)NNC(=O)c2ccc(C)cc2)cc1. The molecular formula is C16H16N2O4S. The second kappa shape index (κ2) is 6.72. The van der Waals surface area contributed by atoms with Crippen molar-refractivity contribution in [1.82, 2.24) is 10.3 Å². The number of nitrogens with one attached hydrogen (secondary N) is 2. The highest BCUT2D eigenvalue weighted by atomic mass is 32.2. The van der Waals surface area contributed by atoms with E-state index in [9.17, 15) is 18.0 Å². The molecule has 120 valence electrons. The fourth-order valence-electron chi connectivity index (χ4n) is 1.82. The summed E-state index contributed by atoms with van der Waals surface area (Å²) in [6, 6.07) is 12.1. The molecule has 7 heteroatoms. The number of carbonyl (C=O) groups excluding carboxylic acids is 2. The van der Waals surface area contributed by atoms with E-state index in [4.69, 9.17) is 0 Å². The molecule has 2 N–H and O–H groups in total. The summed E-state index contributed by atoms with van der Waals surface area (Å²) < 4.78 is 24.2. The molecule has 0 aliphatic heterocycles. The van der Waals surface area contributed by atoms with Gasteiger partial charge in [0, 0.05) is 11.1 Å². The molecular weight excluding hydrogens is 316 g/mol. The predicted octanol–water partition coefficient (Wildman–Crippen LogP) is 1.82. The molecule has 0 radical (unpaired) electrons. The van der Waals surface area contributed by atoms with Crippen LogP contribution in [0, 0.1) is 6.92 Å². The summed E-state index contributed by atoms with van der Waals surface area (Å²) in [5, 5.41) is 0. The van der Waals surface area contributed by atoms with Crippen LogP contribution >= 0.6 is 0 Å². The third kappa shape index (κ3) is 4.24. The van der Waals surface area contributed by atoms with Gasteiger partial charge in [0.25, 0.3) is 15.9 Å². The van der Waals surface area contributed by atoms with Gasteiger partial charge in [-0.25, -0.2) is 8.42 Å². The molecule has 0 unspecified atom stereocenters. The Morgan fingerprint density at radius 3 is 1.91 bits per heavy atom. The quantitative estimate of drug-likeness (QED) is 0.645. The third-order valence-electron chi connectivity index (χ3n) is 3.18. The van der Waals surface area contributed by atoms with Gasteiger partial charge in [0.15, 0.2) is 5.78 Å². The summed E-state index contributed by atoms with van der Waals surface area (Å²) in [6.45, 7) is 3.28. The lowest BCUT2D eigenvalue weighted by Gasteiger charge is -2.09. The van der Waals surface area contributed by atoms with Crippen LogP contribution in [0.3, 0.4) is 0 Å². The van der Waals surface area contributed by atoms with E-state index in [1.165, 1.54) is 31.2 Å². The predicted molar refractivity (Wildman–Crippen MR) is 85.4 cm³/mol. The number of hydrogen-bond donors (Lipinski definition) is 2. The molecule has 0 bridgehead atoms. The van der Waals surface area contributed by atoms with Gasteiger partial charge in [-0.05, 0) is 38.1 Å². The van der Waals surface area contributed by atoms with Crippen LogP contribution in [0.5, 0.6) is 0 Å². The number of hydrazine groups is 1. The monoisotopic (exact) mass is 332 g/mol. The van der Waals surface area contributed by atoms with Gasteiger partial charge in [0.2, 0.25) is 0 Å². The summed E-state index contributed by atoms with van der Waals surface area (Å²) in [6.07, 6.45) is 0. The molecule has 2 rings (SSSR count). The summed E-state index contributed by atoms with van der Waals surface area (Å²) >= 11 is 0. The maximum Gasteiger partial charge on any atom is 0.266 e. The average Bonchev–Trinajstić information content (AvgIpc) is 2.53. The summed E-state index contributed by atoms with van der Waals surface area (Å²) in [7, 11) is -3.91. The van der Waals surface area contributed by atoms with Crippen molar-refractivity contribution in [3.63, 3.8) is 0 Å². The molecule has 0 aromatic heterocycles. The first-order chi connectivity index (χ1) is 10.8. The van der Waals surface area contributed by atoms with E-state index in [1.54, 1.807) is 24.3 Å². The molecule has 6 nitrogen and oxygen atoms in total. The van der Waals surface area contributed by atoms with E-state index in [0.29, 0.717) is 11.1 Å². The summed E-state index contributed by atoms with van der Waals surface area (Å²) in [4.78, 5) is 25.1. The van der Waals surface area contributed by atoms with E-state index in [0.717, 1.165) is 5.56 Å². The Bertz CT molecular complexity index is 825. The summed E-state index contributed by atoms with van der Waals surface area (Å²) in [5.41, 5.74) is 3.89. The van der Waals surface area contributed by atoms with Crippen molar-refractivity contribution in [2.24, 2.45) is 0 Å². The van der Waals surface area contributed by atoms with Gasteiger partial charge in [0.05, 0.1) is 4.90 Å². The molecule has 0 fully saturated rings. The number of amides is 1. The van der Waals surface area contributed by atoms with E-state index in [-0.39, 0.29) is 10.7 Å². The smallest absolute Gasteiger partial charge is 0.266 e. The second-order valence-corrected chi connectivity index (χ2v) is 6.69. The van der Waals surface area contributed by atoms with Crippen molar-refractivity contribution in [2.45, 2.75) is 18.7 Å². The Kier molecular flexibility index (Phi) is 4.92. The van der Waals surface area contributed by atoms with Gasteiger partial charge >= 0.3 is 0 Å². The first kappa shape index (κ1) is 16.9. The highest BCUT2D eigenvalue weighted by Crippen LogP contribution is 2.10. The molecule has 1 amide bonds. The number of aryl methyl sites for hydroxylation is 1. The molecule has 23 heavy (non-hydrogen) atoms. The van der Waals surface area contributed by atoms with Crippen molar-refractivity contribution in [3.05, 3.63) is 65.2 Å². The largest absolute Gasteiger partial charge is 0.295 e. The number of hydrogen-bond acceptors (Lipinski definition) is 4. The van der Waals surface area contributed by atoms with Crippen molar-refractivity contribution < 1.29 is 18.0 Å². The zero-order valence-electron chi connectivity index (χ0n) is 12.7. The number of sulfonamides is 1. The van der Waals surface area contributed by atoms with Crippen LogP contribution < -0.4 is 10.3 Å². The first-order valence-electron chi connectivity index (χ1n) is 6.79. The summed E-state index contributed by atoms with van der Waals surface area (Å²) in [5.74, 6) is -0.719. The zero-order chi connectivity index (χ0) is 17.0. The number of rotatable bonds is 5. The minimum atomic E-state index is -3.91. The van der Waals surface area contributed by atoms with Crippen LogP contribution in [0.4, 0.5) is 0 Å². The molecule has 0 saturated heterocycles. The van der Waals surface area contributed by atoms with Crippen LogP contribution in [0.2, 0.25) is 0 Å². The molecule has 0 heterocycles. The van der Waals surface area contributed by atoms with Gasteiger partial charge in [-0.1, -0.05) is 29.8 Å². The van der Waals surface area contributed by atoms with Crippen LogP contribution in [0.25, 0.3) is 0 Å². The molecule has 0 saturated carbocycles. The van der Waals surface area contributed by atoms with E-state index < -0.39 is 15.9 Å². The fourth-order valence-corrected chi connectivity index (χ4v) is 2.66. The van der Waals surface area contributed by atoms with Crippen LogP contribution in [-0.4, -0.2) is 20.1 Å². The highest BCUT2D eigenvalue weighted by Gasteiger charge is 2.16. The van der Waals surface area contributed by atoms with E-state index >= 15 is 0 Å². The molecule has 0 aliphatic carbocycles. The van der Waals surface area contributed by atoms with Crippen LogP contribution in [0.1, 0.15) is 33.2 Å². The number of ketones is 1. The minimum absolute atomic E-state index is 0.0493. The van der Waals surface area contributed by atoms with Crippen LogP contribution in [0.15, 0.2) is 53.4 Å². The zero-order valence-corrected chi connectivity index (χ0v) is 13.5. The Morgan fingerprint density at radius 1 is 0.870 bits per heavy atom. The second-order valence-electron chi connectivity index (χ2n) is 5.01. The van der Waals surface area contributed by atoms with Gasteiger partial charge in [-0.3, -0.25) is 15.0 Å². The number of Topliss-reactive ketones (excluding diaryl/α,β-unsaturated/α-hetero) is 1. The van der Waals surface area contributed by atoms with Crippen molar-refractivity contribution >= 4 is 21.7 Å². The van der Waals surface area contributed by atoms with Gasteiger partial charge in [-0.2, -0.15) is 0 Å². The van der Waals surface area contributed by atoms with Crippen molar-refractivity contribution in [1.29, 1.82) is 0 Å². The number of carbonyl (C=O) groups is 2. The van der Waals surface area contributed by atoms with Crippen molar-refractivity contribution in [3.8, 4) is 0 Å². The van der Waals surface area contributed by atoms with Gasteiger partial charge in [0.1, 0.15) is 0 Å². The highest BCUT2D eigenvalue weighted by molar-refractivity contribution is 7.89. The molecule has 2 aromatic rings. The van der Waals surface area contributed by atoms with Crippen LogP contribution in [-0.2, 0) is 10.0 Å². The molecule has 0 aliphatic rings. The molecule has 2 aromatic carbocycles. The normalized spacial score (nSPS) is 11.0. The third-order valence-corrected chi connectivity index (χ3v) is 4.45. The Labute approximate surface area is 134 Å². The Hall–Kier alpha value is -2.51. The lowest BCUT2D eigenvalue weighted by molar-refractivity contribution is 0.0944. The minimum Gasteiger partial charge on any atom is -0.295 e. The maximum atomic E-state index is 12.1. The topological polar surface area (TPSA) is 92.3 Å².